The molecule has 1 amide bonds. The molecule has 5 nitrogen and oxygen atoms in total. The van der Waals surface area contributed by atoms with Gasteiger partial charge in [0.25, 0.3) is 0 Å². The Kier molecular flexibility index (Phi) is 5.13. The maximum absolute atomic E-state index is 11.0. The van der Waals surface area contributed by atoms with Crippen LogP contribution in [0.4, 0.5) is 0 Å². The number of carbonyl (C=O) groups excluding carboxylic acids is 1. The van der Waals surface area contributed by atoms with Gasteiger partial charge in [0, 0.05) is 6.92 Å². The van der Waals surface area contributed by atoms with E-state index in [1.165, 1.54) is 6.92 Å². The van der Waals surface area contributed by atoms with Crippen LogP contribution in [0.15, 0.2) is 24.3 Å². The van der Waals surface area contributed by atoms with Crippen LogP contribution in [0.5, 0.6) is 5.75 Å². The summed E-state index contributed by atoms with van der Waals surface area (Å²) in [5.41, 5.74) is 1.09. The molecule has 1 rings (SSSR count). The molecule has 0 bridgehead atoms. The SMILES string of the molecule is CC(=O)NC(COc1cccc(C(C)(C)C)c1)C(=O)O. The van der Waals surface area contributed by atoms with Crippen LogP contribution < -0.4 is 10.1 Å². The van der Waals surface area contributed by atoms with Crippen molar-refractivity contribution in [3.05, 3.63) is 29.8 Å². The molecule has 0 aromatic heterocycles. The summed E-state index contributed by atoms with van der Waals surface area (Å²) in [7, 11) is 0. The van der Waals surface area contributed by atoms with E-state index in [9.17, 15) is 9.59 Å². The van der Waals surface area contributed by atoms with E-state index in [0.29, 0.717) is 5.75 Å². The van der Waals surface area contributed by atoms with Gasteiger partial charge in [-0.05, 0) is 23.1 Å². The average molecular weight is 279 g/mol. The molecule has 0 heterocycles. The fraction of sp³-hybridized carbons (Fsp3) is 0.467. The first kappa shape index (κ1) is 16.0. The molecule has 1 atom stereocenters. The molecule has 0 aliphatic heterocycles. The lowest BCUT2D eigenvalue weighted by Gasteiger charge is -2.20. The van der Waals surface area contributed by atoms with Gasteiger partial charge in [-0.25, -0.2) is 4.79 Å². The van der Waals surface area contributed by atoms with Crippen LogP contribution in [0.3, 0.4) is 0 Å². The zero-order valence-corrected chi connectivity index (χ0v) is 12.3. The molecule has 1 unspecified atom stereocenters. The predicted molar refractivity (Wildman–Crippen MR) is 75.9 cm³/mol. The van der Waals surface area contributed by atoms with Crippen molar-refractivity contribution >= 4 is 11.9 Å². The number of hydrogen-bond donors (Lipinski definition) is 2. The normalized spacial score (nSPS) is 12.6. The van der Waals surface area contributed by atoms with E-state index < -0.39 is 17.9 Å². The molecule has 0 saturated carbocycles. The van der Waals surface area contributed by atoms with Crippen molar-refractivity contribution in [2.45, 2.75) is 39.2 Å². The van der Waals surface area contributed by atoms with Crippen molar-refractivity contribution in [1.82, 2.24) is 5.32 Å². The quantitative estimate of drug-likeness (QED) is 0.864. The molecular formula is C15H21NO4. The second kappa shape index (κ2) is 6.41. The standard InChI is InChI=1S/C15H21NO4/c1-10(17)16-13(14(18)19)9-20-12-7-5-6-11(8-12)15(2,3)4/h5-8,13H,9H2,1-4H3,(H,16,17)(H,18,19). The number of carbonyl (C=O) groups is 2. The molecule has 20 heavy (non-hydrogen) atoms. The molecule has 5 heteroatoms. The largest absolute Gasteiger partial charge is 0.491 e. The molecule has 1 aromatic carbocycles. The van der Waals surface area contributed by atoms with Crippen molar-refractivity contribution in [1.29, 1.82) is 0 Å². The summed E-state index contributed by atoms with van der Waals surface area (Å²) in [6, 6.07) is 6.46. The van der Waals surface area contributed by atoms with E-state index in [1.54, 1.807) is 6.07 Å². The summed E-state index contributed by atoms with van der Waals surface area (Å²) < 4.78 is 5.47. The number of hydrogen-bond acceptors (Lipinski definition) is 3. The number of carboxylic acids is 1. The van der Waals surface area contributed by atoms with Gasteiger partial charge in [0.2, 0.25) is 5.91 Å². The zero-order valence-electron chi connectivity index (χ0n) is 12.3. The minimum absolute atomic E-state index is 0.0107. The Balaban J connectivity index is 2.73. The summed E-state index contributed by atoms with van der Waals surface area (Å²) >= 11 is 0. The number of ether oxygens (including phenoxy) is 1. The maximum atomic E-state index is 11.0. The Morgan fingerprint density at radius 1 is 1.35 bits per heavy atom. The van der Waals surface area contributed by atoms with Crippen LogP contribution >= 0.6 is 0 Å². The van der Waals surface area contributed by atoms with Crippen LogP contribution in [0.2, 0.25) is 0 Å². The third-order valence-electron chi connectivity index (χ3n) is 2.79. The van der Waals surface area contributed by atoms with Crippen LogP contribution in [-0.2, 0) is 15.0 Å². The first-order valence-corrected chi connectivity index (χ1v) is 6.43. The smallest absolute Gasteiger partial charge is 0.329 e. The van der Waals surface area contributed by atoms with E-state index in [4.69, 9.17) is 9.84 Å². The van der Waals surface area contributed by atoms with E-state index in [0.717, 1.165) is 5.56 Å². The summed E-state index contributed by atoms with van der Waals surface area (Å²) in [5, 5.41) is 11.3. The van der Waals surface area contributed by atoms with Gasteiger partial charge in [0.05, 0.1) is 0 Å². The summed E-state index contributed by atoms with van der Waals surface area (Å²) in [6.07, 6.45) is 0. The first-order chi connectivity index (χ1) is 9.20. The molecule has 0 fully saturated rings. The lowest BCUT2D eigenvalue weighted by Crippen LogP contribution is -2.43. The van der Waals surface area contributed by atoms with Gasteiger partial charge < -0.3 is 15.2 Å². The molecule has 1 aromatic rings. The lowest BCUT2D eigenvalue weighted by molar-refractivity contribution is -0.142. The number of nitrogens with one attached hydrogen (secondary N) is 1. The molecule has 0 aliphatic carbocycles. The van der Waals surface area contributed by atoms with E-state index in [-0.39, 0.29) is 12.0 Å². The van der Waals surface area contributed by atoms with Crippen molar-refractivity contribution < 1.29 is 19.4 Å². The van der Waals surface area contributed by atoms with Gasteiger partial charge >= 0.3 is 5.97 Å². The van der Waals surface area contributed by atoms with Crippen LogP contribution in [-0.4, -0.2) is 29.6 Å². The van der Waals surface area contributed by atoms with E-state index in [1.807, 2.05) is 18.2 Å². The van der Waals surface area contributed by atoms with Crippen molar-refractivity contribution in [2.24, 2.45) is 0 Å². The number of aliphatic carboxylic acids is 1. The Bertz CT molecular complexity index is 491. The minimum atomic E-state index is -1.12. The second-order valence-electron chi connectivity index (χ2n) is 5.68. The number of rotatable bonds is 5. The van der Waals surface area contributed by atoms with Gasteiger partial charge in [0.15, 0.2) is 6.04 Å². The Morgan fingerprint density at radius 3 is 2.50 bits per heavy atom. The average Bonchev–Trinajstić information content (AvgIpc) is 2.33. The van der Waals surface area contributed by atoms with Crippen LogP contribution in [0, 0.1) is 0 Å². The highest BCUT2D eigenvalue weighted by molar-refractivity contribution is 5.82. The zero-order chi connectivity index (χ0) is 15.3. The molecule has 0 aliphatic rings. The number of amides is 1. The highest BCUT2D eigenvalue weighted by atomic mass is 16.5. The number of benzene rings is 1. The van der Waals surface area contributed by atoms with Gasteiger partial charge in [-0.3, -0.25) is 4.79 Å². The van der Waals surface area contributed by atoms with Gasteiger partial charge in [0.1, 0.15) is 12.4 Å². The Labute approximate surface area is 118 Å². The van der Waals surface area contributed by atoms with Crippen molar-refractivity contribution in [3.8, 4) is 5.75 Å². The third kappa shape index (κ3) is 4.91. The third-order valence-corrected chi connectivity index (χ3v) is 2.79. The Hall–Kier alpha value is -2.04. The fourth-order valence-electron chi connectivity index (χ4n) is 1.65. The summed E-state index contributed by atoms with van der Waals surface area (Å²) in [4.78, 5) is 21.9. The molecule has 0 spiro atoms. The first-order valence-electron chi connectivity index (χ1n) is 6.43. The van der Waals surface area contributed by atoms with E-state index in [2.05, 4.69) is 26.1 Å². The molecule has 0 radical (unpaired) electrons. The highest BCUT2D eigenvalue weighted by Crippen LogP contribution is 2.25. The minimum Gasteiger partial charge on any atom is -0.491 e. The van der Waals surface area contributed by atoms with Crippen LogP contribution in [0.25, 0.3) is 0 Å². The lowest BCUT2D eigenvalue weighted by atomic mass is 9.87. The summed E-state index contributed by atoms with van der Waals surface area (Å²) in [6.45, 7) is 7.43. The summed E-state index contributed by atoms with van der Waals surface area (Å²) in [5.74, 6) is -0.925. The van der Waals surface area contributed by atoms with E-state index >= 15 is 0 Å². The topological polar surface area (TPSA) is 75.6 Å². The molecule has 110 valence electrons. The highest BCUT2D eigenvalue weighted by Gasteiger charge is 2.20. The van der Waals surface area contributed by atoms with Gasteiger partial charge in [-0.1, -0.05) is 32.9 Å². The van der Waals surface area contributed by atoms with Crippen molar-refractivity contribution in [3.63, 3.8) is 0 Å². The predicted octanol–water partition coefficient (Wildman–Crippen LogP) is 1.95. The van der Waals surface area contributed by atoms with Gasteiger partial charge in [-0.15, -0.1) is 0 Å². The monoisotopic (exact) mass is 279 g/mol. The van der Waals surface area contributed by atoms with Crippen LogP contribution in [0.1, 0.15) is 33.3 Å². The Morgan fingerprint density at radius 2 is 2.00 bits per heavy atom. The number of carboxylic acid groups (broad SMARTS) is 1. The second-order valence-corrected chi connectivity index (χ2v) is 5.68. The molecular weight excluding hydrogens is 258 g/mol. The van der Waals surface area contributed by atoms with Crippen molar-refractivity contribution in [2.75, 3.05) is 6.61 Å². The maximum Gasteiger partial charge on any atom is 0.329 e. The van der Waals surface area contributed by atoms with Gasteiger partial charge in [-0.2, -0.15) is 0 Å². The molecule has 2 N–H and O–H groups in total. The fourth-order valence-corrected chi connectivity index (χ4v) is 1.65. The molecule has 0 saturated heterocycles.